The number of fused-ring (bicyclic) bond motifs is 1. The Balaban J connectivity index is 1.80. The van der Waals surface area contributed by atoms with E-state index < -0.39 is 0 Å². The third kappa shape index (κ3) is 2.34. The molecule has 1 aromatic heterocycles. The number of rotatable bonds is 3. The molecule has 0 aliphatic heterocycles. The van der Waals surface area contributed by atoms with E-state index in [4.69, 9.17) is 4.42 Å². The van der Waals surface area contributed by atoms with Crippen LogP contribution in [0.3, 0.4) is 0 Å². The molecule has 0 radical (unpaired) electrons. The zero-order valence-electron chi connectivity index (χ0n) is 11.2. The summed E-state index contributed by atoms with van der Waals surface area (Å²) >= 11 is 0. The van der Waals surface area contributed by atoms with Crippen LogP contribution in [0.25, 0.3) is 11.0 Å². The maximum atomic E-state index is 5.54. The molecule has 2 nitrogen and oxygen atoms in total. The first-order chi connectivity index (χ1) is 9.24. The molecule has 1 heterocycles. The van der Waals surface area contributed by atoms with E-state index >= 15 is 0 Å². The lowest BCUT2D eigenvalue weighted by Gasteiger charge is -2.07. The largest absolute Gasteiger partial charge is 0.464 e. The highest BCUT2D eigenvalue weighted by Gasteiger charge is 2.04. The lowest BCUT2D eigenvalue weighted by Crippen LogP contribution is -1.99. The van der Waals surface area contributed by atoms with Gasteiger partial charge in [0, 0.05) is 23.2 Å². The van der Waals surface area contributed by atoms with Gasteiger partial charge >= 0.3 is 0 Å². The van der Waals surface area contributed by atoms with Crippen LogP contribution in [-0.4, -0.2) is 0 Å². The lowest BCUT2D eigenvalue weighted by molar-refractivity contribution is 0.611. The molecule has 0 aliphatic carbocycles. The van der Waals surface area contributed by atoms with E-state index in [1.54, 1.807) is 0 Å². The van der Waals surface area contributed by atoms with Gasteiger partial charge in [-0.2, -0.15) is 0 Å². The molecular formula is C17H17NO. The van der Waals surface area contributed by atoms with Crippen molar-refractivity contribution in [3.05, 3.63) is 65.4 Å². The summed E-state index contributed by atoms with van der Waals surface area (Å²) in [6.07, 6.45) is 1.83. The van der Waals surface area contributed by atoms with Crippen LogP contribution in [0.2, 0.25) is 0 Å². The number of anilines is 1. The first-order valence-corrected chi connectivity index (χ1v) is 6.50. The van der Waals surface area contributed by atoms with Gasteiger partial charge in [0.2, 0.25) is 0 Å². The molecule has 96 valence electrons. The van der Waals surface area contributed by atoms with Gasteiger partial charge in [-0.15, -0.1) is 0 Å². The predicted molar refractivity (Wildman–Crippen MR) is 79.5 cm³/mol. The maximum Gasteiger partial charge on any atom is 0.134 e. The van der Waals surface area contributed by atoms with E-state index in [0.29, 0.717) is 0 Å². The first-order valence-electron chi connectivity index (χ1n) is 6.50. The number of nitrogens with one attached hydrogen (secondary N) is 1. The molecule has 0 spiro atoms. The Bertz CT molecular complexity index is 712. The van der Waals surface area contributed by atoms with Gasteiger partial charge in [0.1, 0.15) is 5.58 Å². The van der Waals surface area contributed by atoms with Crippen LogP contribution in [0.5, 0.6) is 0 Å². The topological polar surface area (TPSA) is 25.2 Å². The molecule has 2 aromatic carbocycles. The fourth-order valence-electron chi connectivity index (χ4n) is 2.22. The van der Waals surface area contributed by atoms with Gasteiger partial charge in [0.25, 0.3) is 0 Å². The molecular weight excluding hydrogens is 234 g/mol. The molecule has 0 atom stereocenters. The van der Waals surface area contributed by atoms with Gasteiger partial charge in [0.05, 0.1) is 6.26 Å². The fourth-order valence-corrected chi connectivity index (χ4v) is 2.22. The first kappa shape index (κ1) is 11.8. The van der Waals surface area contributed by atoms with E-state index in [9.17, 15) is 0 Å². The Morgan fingerprint density at radius 3 is 2.68 bits per heavy atom. The highest BCUT2D eigenvalue weighted by molar-refractivity contribution is 5.81. The smallest absolute Gasteiger partial charge is 0.134 e. The van der Waals surface area contributed by atoms with Crippen molar-refractivity contribution >= 4 is 16.7 Å². The number of benzene rings is 2. The average molecular weight is 251 g/mol. The van der Waals surface area contributed by atoms with Gasteiger partial charge < -0.3 is 9.73 Å². The van der Waals surface area contributed by atoms with Gasteiger partial charge in [-0.05, 0) is 43.2 Å². The molecule has 0 bridgehead atoms. The molecule has 19 heavy (non-hydrogen) atoms. The van der Waals surface area contributed by atoms with E-state index in [-0.39, 0.29) is 0 Å². The number of aryl methyl sites for hydroxylation is 2. The van der Waals surface area contributed by atoms with Crippen molar-refractivity contribution in [1.82, 2.24) is 0 Å². The second kappa shape index (κ2) is 4.81. The summed E-state index contributed by atoms with van der Waals surface area (Å²) in [5.74, 6) is 0. The summed E-state index contributed by atoms with van der Waals surface area (Å²) in [7, 11) is 0. The van der Waals surface area contributed by atoms with Crippen molar-refractivity contribution in [2.75, 3.05) is 5.32 Å². The number of hydrogen-bond acceptors (Lipinski definition) is 2. The zero-order chi connectivity index (χ0) is 13.2. The zero-order valence-corrected chi connectivity index (χ0v) is 11.2. The molecule has 0 unspecified atom stereocenters. The summed E-state index contributed by atoms with van der Waals surface area (Å²) in [5.41, 5.74) is 5.91. The predicted octanol–water partition coefficient (Wildman–Crippen LogP) is 4.66. The van der Waals surface area contributed by atoms with Crippen LogP contribution in [0.4, 0.5) is 5.69 Å². The van der Waals surface area contributed by atoms with Crippen LogP contribution in [0, 0.1) is 13.8 Å². The van der Waals surface area contributed by atoms with Crippen molar-refractivity contribution in [2.24, 2.45) is 0 Å². The molecule has 0 saturated heterocycles. The Morgan fingerprint density at radius 2 is 1.84 bits per heavy atom. The standard InChI is InChI=1S/C17H17NO/c1-12-7-8-15(9-13(12)2)18-10-14-11-19-17-6-4-3-5-16(14)17/h3-9,11,18H,10H2,1-2H3. The molecule has 0 saturated carbocycles. The second-order valence-corrected chi connectivity index (χ2v) is 4.91. The van der Waals surface area contributed by atoms with Crippen LogP contribution in [0.1, 0.15) is 16.7 Å². The molecule has 3 rings (SSSR count). The normalized spacial score (nSPS) is 10.8. The molecule has 1 N–H and O–H groups in total. The summed E-state index contributed by atoms with van der Waals surface area (Å²) < 4.78 is 5.54. The Kier molecular flexibility index (Phi) is 3.00. The summed E-state index contributed by atoms with van der Waals surface area (Å²) in [6, 6.07) is 14.6. The maximum absolute atomic E-state index is 5.54. The van der Waals surface area contributed by atoms with Gasteiger partial charge in [-0.3, -0.25) is 0 Å². The Hall–Kier alpha value is -2.22. The lowest BCUT2D eigenvalue weighted by atomic mass is 10.1. The molecule has 0 aliphatic rings. The monoisotopic (exact) mass is 251 g/mol. The second-order valence-electron chi connectivity index (χ2n) is 4.91. The number of furan rings is 1. The van der Waals surface area contributed by atoms with E-state index in [2.05, 4.69) is 43.4 Å². The van der Waals surface area contributed by atoms with Gasteiger partial charge in [0.15, 0.2) is 0 Å². The van der Waals surface area contributed by atoms with Crippen molar-refractivity contribution in [3.63, 3.8) is 0 Å². The minimum absolute atomic E-state index is 0.777. The Morgan fingerprint density at radius 1 is 1.00 bits per heavy atom. The van der Waals surface area contributed by atoms with Crippen molar-refractivity contribution in [2.45, 2.75) is 20.4 Å². The van der Waals surface area contributed by atoms with E-state index in [0.717, 1.165) is 17.8 Å². The average Bonchev–Trinajstić information content (AvgIpc) is 2.83. The fraction of sp³-hybridized carbons (Fsp3) is 0.176. The van der Waals surface area contributed by atoms with Crippen molar-refractivity contribution < 1.29 is 4.42 Å². The van der Waals surface area contributed by atoms with Crippen molar-refractivity contribution in [1.29, 1.82) is 0 Å². The highest BCUT2D eigenvalue weighted by Crippen LogP contribution is 2.22. The van der Waals surface area contributed by atoms with Crippen LogP contribution in [-0.2, 0) is 6.54 Å². The Labute approximate surface area is 113 Å². The van der Waals surface area contributed by atoms with Gasteiger partial charge in [-0.1, -0.05) is 24.3 Å². The van der Waals surface area contributed by atoms with Crippen LogP contribution >= 0.6 is 0 Å². The summed E-state index contributed by atoms with van der Waals surface area (Å²) in [6.45, 7) is 5.04. The quantitative estimate of drug-likeness (QED) is 0.732. The third-order valence-electron chi connectivity index (χ3n) is 3.55. The minimum Gasteiger partial charge on any atom is -0.464 e. The van der Waals surface area contributed by atoms with Crippen LogP contribution < -0.4 is 5.32 Å². The number of para-hydroxylation sites is 1. The molecule has 2 heteroatoms. The SMILES string of the molecule is Cc1ccc(NCc2coc3ccccc23)cc1C. The molecule has 0 fully saturated rings. The van der Waals surface area contributed by atoms with Crippen molar-refractivity contribution in [3.8, 4) is 0 Å². The van der Waals surface area contributed by atoms with E-state index in [1.807, 2.05) is 24.5 Å². The van der Waals surface area contributed by atoms with Crippen LogP contribution in [0.15, 0.2) is 53.1 Å². The summed E-state index contributed by atoms with van der Waals surface area (Å²) in [4.78, 5) is 0. The minimum atomic E-state index is 0.777. The van der Waals surface area contributed by atoms with Gasteiger partial charge in [-0.25, -0.2) is 0 Å². The highest BCUT2D eigenvalue weighted by atomic mass is 16.3. The third-order valence-corrected chi connectivity index (χ3v) is 3.55. The molecule has 3 aromatic rings. The number of hydrogen-bond donors (Lipinski definition) is 1. The molecule has 0 amide bonds. The van der Waals surface area contributed by atoms with E-state index in [1.165, 1.54) is 22.1 Å². The summed E-state index contributed by atoms with van der Waals surface area (Å²) in [5, 5.41) is 4.63.